The van der Waals surface area contributed by atoms with Gasteiger partial charge in [-0.05, 0) is 52.1 Å². The van der Waals surface area contributed by atoms with Crippen molar-refractivity contribution in [2.45, 2.75) is 32.3 Å². The topological polar surface area (TPSA) is 78.9 Å². The fraction of sp³-hybridized carbons (Fsp3) is 0.444. The highest BCUT2D eigenvalue weighted by atomic mass is 16.5. The summed E-state index contributed by atoms with van der Waals surface area (Å²) in [5.74, 6) is 7.97. The Balaban J connectivity index is 1.39. The van der Waals surface area contributed by atoms with Crippen molar-refractivity contribution in [2.24, 2.45) is 0 Å². The van der Waals surface area contributed by atoms with Crippen molar-refractivity contribution in [1.82, 2.24) is 19.5 Å². The quantitative estimate of drug-likeness (QED) is 0.366. The van der Waals surface area contributed by atoms with E-state index < -0.39 is 0 Å². The molecule has 1 aliphatic rings. The van der Waals surface area contributed by atoms with E-state index in [0.29, 0.717) is 24.5 Å². The molecule has 0 amide bonds. The summed E-state index contributed by atoms with van der Waals surface area (Å²) in [5, 5.41) is 13.9. The molecule has 0 unspecified atom stereocenters. The molecule has 0 saturated carbocycles. The lowest BCUT2D eigenvalue weighted by Crippen LogP contribution is -2.37. The Labute approximate surface area is 207 Å². The van der Waals surface area contributed by atoms with Crippen LogP contribution in [-0.4, -0.2) is 72.5 Å². The molecule has 8 heteroatoms. The van der Waals surface area contributed by atoms with Gasteiger partial charge in [0, 0.05) is 36.8 Å². The van der Waals surface area contributed by atoms with Gasteiger partial charge in [0.1, 0.15) is 17.6 Å². The molecule has 3 aromatic heterocycles. The molecule has 0 atom stereocenters. The third-order valence-electron chi connectivity index (χ3n) is 5.94. The van der Waals surface area contributed by atoms with Gasteiger partial charge >= 0.3 is 0 Å². The van der Waals surface area contributed by atoms with Gasteiger partial charge in [-0.1, -0.05) is 11.8 Å². The molecular formula is C27H32N6O2. The van der Waals surface area contributed by atoms with Crippen molar-refractivity contribution in [3.05, 3.63) is 42.4 Å². The zero-order chi connectivity index (χ0) is 24.6. The molecule has 3 aromatic rings. The van der Waals surface area contributed by atoms with Crippen LogP contribution in [0.15, 0.2) is 36.8 Å². The summed E-state index contributed by atoms with van der Waals surface area (Å²) in [6.07, 6.45) is 8.26. The number of anilines is 1. The molecule has 0 bridgehead atoms. The van der Waals surface area contributed by atoms with Crippen molar-refractivity contribution >= 4 is 11.3 Å². The molecule has 35 heavy (non-hydrogen) atoms. The molecule has 0 spiro atoms. The highest BCUT2D eigenvalue weighted by molar-refractivity contribution is 5.85. The van der Waals surface area contributed by atoms with Crippen molar-refractivity contribution in [3.8, 4) is 34.8 Å². The summed E-state index contributed by atoms with van der Waals surface area (Å²) >= 11 is 0. The highest BCUT2D eigenvalue weighted by Gasteiger charge is 2.21. The number of nitrogens with zero attached hydrogens (tertiary/aromatic N) is 6. The predicted molar refractivity (Wildman–Crippen MR) is 136 cm³/mol. The highest BCUT2D eigenvalue weighted by Crippen LogP contribution is 2.31. The average molecular weight is 473 g/mol. The smallest absolute Gasteiger partial charge is 0.138 e. The van der Waals surface area contributed by atoms with Crippen molar-refractivity contribution in [1.29, 1.82) is 5.26 Å². The number of pyridine rings is 2. The van der Waals surface area contributed by atoms with Crippen LogP contribution in [0.1, 0.15) is 31.7 Å². The maximum absolute atomic E-state index is 9.54. The fourth-order valence-corrected chi connectivity index (χ4v) is 4.21. The van der Waals surface area contributed by atoms with E-state index in [-0.39, 0.29) is 6.10 Å². The summed E-state index contributed by atoms with van der Waals surface area (Å²) in [6.45, 7) is 5.79. The fourth-order valence-electron chi connectivity index (χ4n) is 4.21. The van der Waals surface area contributed by atoms with Gasteiger partial charge in [0.05, 0.1) is 49.3 Å². The van der Waals surface area contributed by atoms with Crippen LogP contribution >= 0.6 is 0 Å². The van der Waals surface area contributed by atoms with Crippen LogP contribution in [0.4, 0.5) is 5.82 Å². The van der Waals surface area contributed by atoms with Gasteiger partial charge < -0.3 is 14.4 Å². The van der Waals surface area contributed by atoms with E-state index in [9.17, 15) is 5.26 Å². The third-order valence-corrected chi connectivity index (χ3v) is 5.94. The van der Waals surface area contributed by atoms with E-state index in [1.807, 2.05) is 39.3 Å². The Morgan fingerprint density at radius 2 is 2.00 bits per heavy atom. The number of hydrogen-bond donors (Lipinski definition) is 0. The third kappa shape index (κ3) is 6.10. The van der Waals surface area contributed by atoms with E-state index in [4.69, 9.17) is 14.5 Å². The molecule has 1 aliphatic heterocycles. The van der Waals surface area contributed by atoms with E-state index in [2.05, 4.69) is 38.9 Å². The van der Waals surface area contributed by atoms with Gasteiger partial charge in [0.2, 0.25) is 0 Å². The largest absolute Gasteiger partial charge is 0.492 e. The molecular weight excluding hydrogens is 440 g/mol. The number of fused-ring (bicyclic) bond motifs is 1. The van der Waals surface area contributed by atoms with E-state index in [1.54, 1.807) is 16.9 Å². The molecule has 0 aromatic carbocycles. The Kier molecular flexibility index (Phi) is 8.20. The first-order valence-electron chi connectivity index (χ1n) is 12.1. The summed E-state index contributed by atoms with van der Waals surface area (Å²) < 4.78 is 13.4. The lowest BCUT2D eigenvalue weighted by Gasteiger charge is -2.32. The molecule has 0 radical (unpaired) electrons. The molecule has 1 fully saturated rings. The number of aromatic nitrogens is 3. The number of nitriles is 1. The maximum Gasteiger partial charge on any atom is 0.138 e. The van der Waals surface area contributed by atoms with Gasteiger partial charge in [-0.2, -0.15) is 10.4 Å². The second-order valence-corrected chi connectivity index (χ2v) is 8.79. The second kappa shape index (κ2) is 11.7. The van der Waals surface area contributed by atoms with Crippen LogP contribution in [-0.2, 0) is 4.74 Å². The maximum atomic E-state index is 9.54. The van der Waals surface area contributed by atoms with Crippen LogP contribution < -0.4 is 9.64 Å². The van der Waals surface area contributed by atoms with Gasteiger partial charge in [0.25, 0.3) is 0 Å². The Bertz CT molecular complexity index is 1220. The van der Waals surface area contributed by atoms with E-state index in [0.717, 1.165) is 61.4 Å². The van der Waals surface area contributed by atoms with E-state index in [1.165, 1.54) is 0 Å². The molecule has 0 N–H and O–H groups in total. The van der Waals surface area contributed by atoms with Gasteiger partial charge in [0.15, 0.2) is 0 Å². The Morgan fingerprint density at radius 1 is 1.17 bits per heavy atom. The van der Waals surface area contributed by atoms with Gasteiger partial charge in [-0.25, -0.2) is 9.50 Å². The van der Waals surface area contributed by atoms with Crippen molar-refractivity contribution < 1.29 is 9.47 Å². The monoisotopic (exact) mass is 472 g/mol. The van der Waals surface area contributed by atoms with Crippen LogP contribution in [0, 0.1) is 23.2 Å². The molecule has 4 rings (SSSR count). The second-order valence-electron chi connectivity index (χ2n) is 8.79. The minimum absolute atomic E-state index is 0.280. The van der Waals surface area contributed by atoms with E-state index >= 15 is 0 Å². The first-order chi connectivity index (χ1) is 17.1. The SMILES string of the molecule is CCOc1cc(-c2ccc(N3CCC(OCCC#CCN(C)C)CC3)nc2)c2c(C#N)cnn2c1. The molecule has 4 heterocycles. The minimum Gasteiger partial charge on any atom is -0.492 e. The number of ether oxygens (including phenoxy) is 2. The predicted octanol–water partition coefficient (Wildman–Crippen LogP) is 3.61. The standard InChI is InChI=1S/C27H32N6O2/c1-4-34-24-16-25(27-22(17-28)19-30-33(27)20-24)21-8-9-26(29-18-21)32-13-10-23(11-14-32)35-15-7-5-6-12-31(2)3/h8-9,16,18-20,23H,4,7,10-15H2,1-3H3. The summed E-state index contributed by atoms with van der Waals surface area (Å²) in [7, 11) is 4.04. The molecule has 1 saturated heterocycles. The Morgan fingerprint density at radius 3 is 2.69 bits per heavy atom. The zero-order valence-electron chi connectivity index (χ0n) is 20.7. The first kappa shape index (κ1) is 24.5. The number of piperidine rings is 1. The molecule has 0 aliphatic carbocycles. The van der Waals surface area contributed by atoms with Crippen LogP contribution in [0.5, 0.6) is 5.75 Å². The van der Waals surface area contributed by atoms with Crippen LogP contribution in [0.3, 0.4) is 0 Å². The Hall–Kier alpha value is -3.59. The van der Waals surface area contributed by atoms with Gasteiger partial charge in [-0.15, -0.1) is 0 Å². The first-order valence-corrected chi connectivity index (χ1v) is 12.1. The molecule has 182 valence electrons. The number of hydrogen-bond acceptors (Lipinski definition) is 7. The minimum atomic E-state index is 0.280. The summed E-state index contributed by atoms with van der Waals surface area (Å²) in [4.78, 5) is 9.10. The van der Waals surface area contributed by atoms with Gasteiger partial charge in [-0.3, -0.25) is 4.90 Å². The lowest BCUT2D eigenvalue weighted by molar-refractivity contribution is 0.0407. The number of rotatable bonds is 8. The van der Waals surface area contributed by atoms with Crippen molar-refractivity contribution in [3.63, 3.8) is 0 Å². The average Bonchev–Trinajstić information content (AvgIpc) is 3.29. The zero-order valence-corrected chi connectivity index (χ0v) is 20.7. The lowest BCUT2D eigenvalue weighted by atomic mass is 10.0. The van der Waals surface area contributed by atoms with Crippen LogP contribution in [0.25, 0.3) is 16.6 Å². The van der Waals surface area contributed by atoms with Crippen LogP contribution in [0.2, 0.25) is 0 Å². The normalized spacial score (nSPS) is 14.1. The summed E-state index contributed by atoms with van der Waals surface area (Å²) in [6, 6.07) is 8.28. The van der Waals surface area contributed by atoms with Crippen molar-refractivity contribution in [2.75, 3.05) is 51.8 Å². The summed E-state index contributed by atoms with van der Waals surface area (Å²) in [5.41, 5.74) is 3.09. The molecule has 8 nitrogen and oxygen atoms in total.